The molecule has 5 amide bonds. The van der Waals surface area contributed by atoms with Crippen LogP contribution in [0.4, 0.5) is 0 Å². The molecule has 3 aromatic heterocycles. The molecule has 0 saturated heterocycles. The number of hydrogen-bond acceptors (Lipinski definition) is 9. The number of hydrogen-bond donors (Lipinski definition) is 8. The summed E-state index contributed by atoms with van der Waals surface area (Å²) in [6.07, 6.45) is 6.97. The molecule has 0 aliphatic carbocycles. The Bertz CT molecular complexity index is 2120. The van der Waals surface area contributed by atoms with Crippen LogP contribution in [0.1, 0.15) is 30.2 Å². The van der Waals surface area contributed by atoms with Crippen LogP contribution in [-0.2, 0) is 43.2 Å². The first-order valence-corrected chi connectivity index (χ1v) is 19.2. The fraction of sp³-hybridized carbons (Fsp3) is 0.278. The highest BCUT2D eigenvalue weighted by Crippen LogP contribution is 2.22. The van der Waals surface area contributed by atoms with Crippen LogP contribution in [0.25, 0.3) is 21.8 Å². The first-order valence-electron chi connectivity index (χ1n) is 16.7. The number of carbonyl (C=O) groups is 5. The Morgan fingerprint density at radius 1 is 0.849 bits per heavy atom. The van der Waals surface area contributed by atoms with Gasteiger partial charge < -0.3 is 36.6 Å². The molecule has 0 radical (unpaired) electrons. The van der Waals surface area contributed by atoms with Crippen LogP contribution in [0.3, 0.4) is 0 Å². The standard InChI is InChI=1S/C36H40N10O5S2/c1-21(44-32(47)10-12-52-53-13-11-40-35(50)27(37)14-22-17-41-28-8-4-2-6-25(22)28)34(49)46-31(15-23-18-42-29-9-5-3-7-26(23)29)36(51)45-30(33(38)48)16-24-19-39-20-43-24/h2-9,17-20,30-31,37,41-42H,10-16H2,1H3,(H2,38,48)(H,39,43)(H,40,50)(H,45,51)(H,46,49)/b37-27?,44-21+/t30-,31-/m0/s1. The Morgan fingerprint density at radius 3 is 2.19 bits per heavy atom. The molecule has 0 aliphatic heterocycles. The fourth-order valence-corrected chi connectivity index (χ4v) is 7.39. The number of nitrogens with zero attached hydrogens (tertiary/aromatic N) is 2. The van der Waals surface area contributed by atoms with E-state index in [0.29, 0.717) is 23.7 Å². The molecule has 0 saturated carbocycles. The maximum absolute atomic E-state index is 13.5. The zero-order valence-electron chi connectivity index (χ0n) is 28.9. The first kappa shape index (κ1) is 38.5. The summed E-state index contributed by atoms with van der Waals surface area (Å²) in [5, 5.41) is 18.1. The number of amides is 5. The smallest absolute Gasteiger partial charge is 0.266 e. The summed E-state index contributed by atoms with van der Waals surface area (Å²) in [7, 11) is 2.89. The third-order valence-corrected chi connectivity index (χ3v) is 10.7. The number of nitrogens with one attached hydrogen (secondary N) is 7. The number of carbonyl (C=O) groups excluding carboxylic acids is 5. The lowest BCUT2D eigenvalue weighted by Gasteiger charge is -2.22. The van der Waals surface area contributed by atoms with E-state index in [0.717, 1.165) is 32.9 Å². The van der Waals surface area contributed by atoms with Crippen molar-refractivity contribution in [3.05, 3.63) is 90.3 Å². The predicted octanol–water partition coefficient (Wildman–Crippen LogP) is 2.75. The number of aromatic amines is 3. The fourth-order valence-electron chi connectivity index (χ4n) is 5.51. The van der Waals surface area contributed by atoms with Gasteiger partial charge in [0.1, 0.15) is 23.5 Å². The van der Waals surface area contributed by atoms with E-state index < -0.39 is 41.6 Å². The van der Waals surface area contributed by atoms with Crippen LogP contribution < -0.4 is 21.7 Å². The topological polar surface area (TPSA) is 244 Å². The summed E-state index contributed by atoms with van der Waals surface area (Å²) < 4.78 is 0. The molecule has 3 heterocycles. The summed E-state index contributed by atoms with van der Waals surface area (Å²) in [6.45, 7) is 1.74. The zero-order chi connectivity index (χ0) is 37.7. The van der Waals surface area contributed by atoms with Gasteiger partial charge in [0, 0.05) is 89.8 Å². The molecule has 276 valence electrons. The lowest BCUT2D eigenvalue weighted by Crippen LogP contribution is -2.55. The largest absolute Gasteiger partial charge is 0.368 e. The predicted molar refractivity (Wildman–Crippen MR) is 208 cm³/mol. The summed E-state index contributed by atoms with van der Waals surface area (Å²) in [6, 6.07) is 13.0. The number of H-pyrrole nitrogens is 3. The van der Waals surface area contributed by atoms with Crippen LogP contribution in [0.15, 0.2) is 78.4 Å². The summed E-state index contributed by atoms with van der Waals surface area (Å²) in [5.74, 6) is -2.06. The second kappa shape index (κ2) is 18.7. The van der Waals surface area contributed by atoms with Crippen molar-refractivity contribution >= 4 is 84.4 Å². The molecule has 9 N–H and O–H groups in total. The highest BCUT2D eigenvalue weighted by molar-refractivity contribution is 8.76. The van der Waals surface area contributed by atoms with Crippen molar-refractivity contribution in [2.45, 2.75) is 44.7 Å². The van der Waals surface area contributed by atoms with Gasteiger partial charge >= 0.3 is 0 Å². The van der Waals surface area contributed by atoms with Gasteiger partial charge in [-0.25, -0.2) is 9.98 Å². The maximum atomic E-state index is 13.5. The highest BCUT2D eigenvalue weighted by atomic mass is 33.1. The average molecular weight is 757 g/mol. The van der Waals surface area contributed by atoms with Crippen molar-refractivity contribution in [3.8, 4) is 0 Å². The molecule has 5 rings (SSSR count). The number of imidazole rings is 1. The van der Waals surface area contributed by atoms with Gasteiger partial charge in [0.25, 0.3) is 11.8 Å². The molecule has 15 nitrogen and oxygen atoms in total. The third-order valence-electron chi connectivity index (χ3n) is 8.25. The molecule has 0 unspecified atom stereocenters. The van der Waals surface area contributed by atoms with E-state index in [1.165, 1.54) is 41.0 Å². The van der Waals surface area contributed by atoms with Gasteiger partial charge in [-0.15, -0.1) is 0 Å². The van der Waals surface area contributed by atoms with Gasteiger partial charge in [0.2, 0.25) is 17.7 Å². The average Bonchev–Trinajstić information content (AvgIpc) is 3.91. The molecule has 53 heavy (non-hydrogen) atoms. The van der Waals surface area contributed by atoms with Crippen molar-refractivity contribution in [1.82, 2.24) is 35.9 Å². The van der Waals surface area contributed by atoms with Crippen LogP contribution in [0, 0.1) is 5.41 Å². The Hall–Kier alpha value is -5.68. The Kier molecular flexibility index (Phi) is 13.6. The van der Waals surface area contributed by atoms with Crippen LogP contribution in [0.2, 0.25) is 0 Å². The second-order valence-corrected chi connectivity index (χ2v) is 14.8. The Labute approximate surface area is 312 Å². The summed E-state index contributed by atoms with van der Waals surface area (Å²) in [5.41, 5.74) is 9.47. The monoisotopic (exact) mass is 756 g/mol. The van der Waals surface area contributed by atoms with Crippen LogP contribution in [0.5, 0.6) is 0 Å². The van der Waals surface area contributed by atoms with Gasteiger partial charge in [-0.1, -0.05) is 58.0 Å². The summed E-state index contributed by atoms with van der Waals surface area (Å²) in [4.78, 5) is 81.0. The number of nitrogens with two attached hydrogens (primary N) is 1. The number of fused-ring (bicyclic) bond motifs is 2. The van der Waals surface area contributed by atoms with Gasteiger partial charge in [-0.3, -0.25) is 29.4 Å². The van der Waals surface area contributed by atoms with Crippen molar-refractivity contribution in [3.63, 3.8) is 0 Å². The molecule has 0 fully saturated rings. The molecule has 0 aliphatic rings. The van der Waals surface area contributed by atoms with Crippen molar-refractivity contribution in [2.24, 2.45) is 10.7 Å². The van der Waals surface area contributed by atoms with Gasteiger partial charge in [-0.05, 0) is 30.2 Å². The quantitative estimate of drug-likeness (QED) is 0.0353. The van der Waals surface area contributed by atoms with E-state index in [9.17, 15) is 24.0 Å². The van der Waals surface area contributed by atoms with Gasteiger partial charge in [0.15, 0.2) is 0 Å². The SMILES string of the molecule is C/C(=N\C(=O)CCSSCCNC(=O)C(=N)Cc1c[nH]c2ccccc12)C(=O)N[C@@H](Cc1c[nH]c2ccccc12)C(=O)N[C@@H](Cc1cnc[nH]1)C(N)=O. The van der Waals surface area contributed by atoms with Crippen LogP contribution >= 0.6 is 21.6 Å². The number of primary amides is 1. The molecule has 17 heteroatoms. The molecule has 0 spiro atoms. The van der Waals surface area contributed by atoms with E-state index in [-0.39, 0.29) is 37.1 Å². The number of benzene rings is 2. The lowest BCUT2D eigenvalue weighted by atomic mass is 10.0. The Balaban J connectivity index is 1.07. The lowest BCUT2D eigenvalue weighted by molar-refractivity contribution is -0.130. The van der Waals surface area contributed by atoms with Crippen LogP contribution in [-0.4, -0.2) is 91.0 Å². The molecular formula is C36H40N10O5S2. The van der Waals surface area contributed by atoms with Crippen molar-refractivity contribution < 1.29 is 24.0 Å². The molecular weight excluding hydrogens is 717 g/mol. The zero-order valence-corrected chi connectivity index (χ0v) is 30.5. The van der Waals surface area contributed by atoms with Crippen molar-refractivity contribution in [1.29, 1.82) is 5.41 Å². The van der Waals surface area contributed by atoms with E-state index >= 15 is 0 Å². The minimum absolute atomic E-state index is 0.0275. The number of aromatic nitrogens is 4. The van der Waals surface area contributed by atoms with Crippen molar-refractivity contribution in [2.75, 3.05) is 18.1 Å². The summed E-state index contributed by atoms with van der Waals surface area (Å²) >= 11 is 0. The number of para-hydroxylation sites is 2. The molecule has 5 aromatic rings. The van der Waals surface area contributed by atoms with E-state index in [1.807, 2.05) is 54.7 Å². The van der Waals surface area contributed by atoms with Gasteiger partial charge in [0.05, 0.1) is 6.33 Å². The van der Waals surface area contributed by atoms with E-state index in [2.05, 4.69) is 40.9 Å². The number of rotatable bonds is 19. The first-order chi connectivity index (χ1) is 25.6. The molecule has 2 atom stereocenters. The Morgan fingerprint density at radius 2 is 1.51 bits per heavy atom. The maximum Gasteiger partial charge on any atom is 0.266 e. The van der Waals surface area contributed by atoms with E-state index in [4.69, 9.17) is 11.1 Å². The highest BCUT2D eigenvalue weighted by Gasteiger charge is 2.28. The normalized spacial score (nSPS) is 12.7. The minimum atomic E-state index is -1.13. The van der Waals surface area contributed by atoms with Gasteiger partial charge in [-0.2, -0.15) is 0 Å². The van der Waals surface area contributed by atoms with E-state index in [1.54, 1.807) is 6.20 Å². The minimum Gasteiger partial charge on any atom is -0.368 e. The molecule has 0 bridgehead atoms. The second-order valence-electron chi connectivity index (χ2n) is 12.1. The number of aliphatic imine (C=N–C) groups is 1. The molecule has 2 aromatic carbocycles. The third kappa shape index (κ3) is 10.9.